The standard InChI is InChI=1S/C8H17N3O3/c1-5(10-7(9)13)6(12)11-14-8(2,3)4/h5H,1-4H3,(H,11,12)(H3,9,10,13). The quantitative estimate of drug-likeness (QED) is 0.558. The molecule has 0 aromatic carbocycles. The average Bonchev–Trinajstić information content (AvgIpc) is 1.97. The van der Waals surface area contributed by atoms with Gasteiger partial charge in [0.15, 0.2) is 0 Å². The highest BCUT2D eigenvalue weighted by atomic mass is 16.7. The van der Waals surface area contributed by atoms with E-state index in [2.05, 4.69) is 10.8 Å². The Balaban J connectivity index is 3.91. The van der Waals surface area contributed by atoms with Gasteiger partial charge in [0.05, 0.1) is 5.60 Å². The number of urea groups is 1. The molecule has 3 amide bonds. The Morgan fingerprint density at radius 3 is 2.21 bits per heavy atom. The first-order valence-electron chi connectivity index (χ1n) is 4.26. The van der Waals surface area contributed by atoms with Crippen LogP contribution < -0.4 is 16.5 Å². The highest BCUT2D eigenvalue weighted by Crippen LogP contribution is 2.03. The highest BCUT2D eigenvalue weighted by molar-refractivity contribution is 5.85. The van der Waals surface area contributed by atoms with Gasteiger partial charge in [-0.05, 0) is 27.7 Å². The minimum atomic E-state index is -0.747. The predicted octanol–water partition coefficient (Wildman–Crippen LogP) is -0.110. The summed E-state index contributed by atoms with van der Waals surface area (Å²) in [6.07, 6.45) is 0. The Morgan fingerprint density at radius 2 is 1.86 bits per heavy atom. The molecular formula is C8H17N3O3. The van der Waals surface area contributed by atoms with Gasteiger partial charge in [0, 0.05) is 0 Å². The van der Waals surface area contributed by atoms with E-state index in [4.69, 9.17) is 10.6 Å². The maximum Gasteiger partial charge on any atom is 0.312 e. The molecule has 0 radical (unpaired) electrons. The van der Waals surface area contributed by atoms with Crippen LogP contribution in [0.25, 0.3) is 0 Å². The maximum absolute atomic E-state index is 11.2. The molecule has 0 saturated heterocycles. The van der Waals surface area contributed by atoms with Crippen LogP contribution in [0.3, 0.4) is 0 Å². The molecule has 0 aliphatic carbocycles. The van der Waals surface area contributed by atoms with Gasteiger partial charge < -0.3 is 11.1 Å². The largest absolute Gasteiger partial charge is 0.352 e. The molecule has 4 N–H and O–H groups in total. The van der Waals surface area contributed by atoms with Crippen molar-refractivity contribution in [1.29, 1.82) is 0 Å². The number of hydroxylamine groups is 1. The van der Waals surface area contributed by atoms with Crippen molar-refractivity contribution in [2.75, 3.05) is 0 Å². The summed E-state index contributed by atoms with van der Waals surface area (Å²) >= 11 is 0. The van der Waals surface area contributed by atoms with E-state index >= 15 is 0 Å². The molecule has 0 heterocycles. The number of primary amides is 1. The molecule has 0 aromatic rings. The first kappa shape index (κ1) is 12.7. The van der Waals surface area contributed by atoms with Crippen molar-refractivity contribution in [2.24, 2.45) is 5.73 Å². The van der Waals surface area contributed by atoms with Gasteiger partial charge in [-0.1, -0.05) is 0 Å². The fourth-order valence-corrected chi connectivity index (χ4v) is 0.571. The third kappa shape index (κ3) is 6.24. The minimum Gasteiger partial charge on any atom is -0.352 e. The van der Waals surface area contributed by atoms with Gasteiger partial charge in [-0.3, -0.25) is 9.63 Å². The molecule has 82 valence electrons. The van der Waals surface area contributed by atoms with Crippen molar-refractivity contribution in [3.63, 3.8) is 0 Å². The number of amides is 3. The Labute approximate surface area is 83.1 Å². The number of nitrogens with two attached hydrogens (primary N) is 1. The van der Waals surface area contributed by atoms with Crippen molar-refractivity contribution in [3.8, 4) is 0 Å². The van der Waals surface area contributed by atoms with Gasteiger partial charge in [-0.15, -0.1) is 0 Å². The first-order valence-corrected chi connectivity index (χ1v) is 4.26. The Kier molecular flexibility index (Phi) is 4.36. The third-order valence-electron chi connectivity index (χ3n) is 1.21. The van der Waals surface area contributed by atoms with Gasteiger partial charge in [0.1, 0.15) is 6.04 Å². The van der Waals surface area contributed by atoms with E-state index in [0.29, 0.717) is 0 Å². The topological polar surface area (TPSA) is 93.5 Å². The van der Waals surface area contributed by atoms with Crippen LogP contribution in [0.4, 0.5) is 4.79 Å². The van der Waals surface area contributed by atoms with Crippen LogP contribution in [-0.4, -0.2) is 23.6 Å². The minimum absolute atomic E-state index is 0.446. The van der Waals surface area contributed by atoms with Gasteiger partial charge >= 0.3 is 6.03 Å². The van der Waals surface area contributed by atoms with Crippen molar-refractivity contribution >= 4 is 11.9 Å². The lowest BCUT2D eigenvalue weighted by molar-refractivity contribution is -0.147. The number of nitrogens with one attached hydrogen (secondary N) is 2. The number of hydrogen-bond donors (Lipinski definition) is 3. The summed E-state index contributed by atoms with van der Waals surface area (Å²) in [6, 6.07) is -1.46. The smallest absolute Gasteiger partial charge is 0.312 e. The van der Waals surface area contributed by atoms with E-state index in [1.807, 2.05) is 0 Å². The van der Waals surface area contributed by atoms with Crippen molar-refractivity contribution in [1.82, 2.24) is 10.8 Å². The number of hydrogen-bond acceptors (Lipinski definition) is 3. The van der Waals surface area contributed by atoms with Crippen molar-refractivity contribution < 1.29 is 14.4 Å². The molecule has 0 aliphatic rings. The maximum atomic E-state index is 11.2. The lowest BCUT2D eigenvalue weighted by Gasteiger charge is -2.20. The summed E-state index contributed by atoms with van der Waals surface area (Å²) in [7, 11) is 0. The first-order chi connectivity index (χ1) is 6.22. The summed E-state index contributed by atoms with van der Waals surface area (Å²) in [4.78, 5) is 26.6. The lowest BCUT2D eigenvalue weighted by Crippen LogP contribution is -2.48. The molecule has 6 heteroatoms. The fraction of sp³-hybridized carbons (Fsp3) is 0.750. The number of carbonyl (C=O) groups is 2. The molecule has 0 rings (SSSR count). The van der Waals surface area contributed by atoms with Crippen LogP contribution in [0.15, 0.2) is 0 Å². The summed E-state index contributed by atoms with van der Waals surface area (Å²) in [5.74, 6) is -0.446. The zero-order valence-electron chi connectivity index (χ0n) is 8.88. The molecule has 6 nitrogen and oxygen atoms in total. The number of rotatable bonds is 3. The second kappa shape index (κ2) is 4.80. The van der Waals surface area contributed by atoms with Crippen LogP contribution >= 0.6 is 0 Å². The van der Waals surface area contributed by atoms with Crippen molar-refractivity contribution in [3.05, 3.63) is 0 Å². The van der Waals surface area contributed by atoms with E-state index in [1.165, 1.54) is 6.92 Å². The Hall–Kier alpha value is -1.30. The summed E-state index contributed by atoms with van der Waals surface area (Å²) in [6.45, 7) is 6.88. The zero-order chi connectivity index (χ0) is 11.4. The lowest BCUT2D eigenvalue weighted by atomic mass is 10.2. The van der Waals surface area contributed by atoms with E-state index in [0.717, 1.165) is 0 Å². The van der Waals surface area contributed by atoms with Crippen LogP contribution in [0.5, 0.6) is 0 Å². The molecule has 14 heavy (non-hydrogen) atoms. The molecule has 1 atom stereocenters. The second-order valence-electron chi connectivity index (χ2n) is 3.91. The van der Waals surface area contributed by atoms with E-state index in [1.54, 1.807) is 20.8 Å². The van der Waals surface area contributed by atoms with Crippen molar-refractivity contribution in [2.45, 2.75) is 39.3 Å². The zero-order valence-corrected chi connectivity index (χ0v) is 8.88. The van der Waals surface area contributed by atoms with Gasteiger partial charge in [-0.25, -0.2) is 10.3 Å². The van der Waals surface area contributed by atoms with Gasteiger partial charge in [-0.2, -0.15) is 0 Å². The molecule has 0 bridgehead atoms. The van der Waals surface area contributed by atoms with Gasteiger partial charge in [0.25, 0.3) is 5.91 Å². The fourth-order valence-electron chi connectivity index (χ4n) is 0.571. The number of carbonyl (C=O) groups excluding carboxylic acids is 2. The molecular weight excluding hydrogens is 186 g/mol. The molecule has 0 spiro atoms. The third-order valence-corrected chi connectivity index (χ3v) is 1.21. The summed E-state index contributed by atoms with van der Waals surface area (Å²) < 4.78 is 0. The monoisotopic (exact) mass is 203 g/mol. The Bertz CT molecular complexity index is 222. The van der Waals surface area contributed by atoms with E-state index < -0.39 is 23.6 Å². The van der Waals surface area contributed by atoms with E-state index in [-0.39, 0.29) is 0 Å². The van der Waals surface area contributed by atoms with Gasteiger partial charge in [0.2, 0.25) is 0 Å². The normalized spacial score (nSPS) is 13.1. The van der Waals surface area contributed by atoms with Crippen LogP contribution in [0.1, 0.15) is 27.7 Å². The Morgan fingerprint density at radius 1 is 1.36 bits per heavy atom. The summed E-state index contributed by atoms with van der Waals surface area (Å²) in [5, 5.41) is 2.23. The van der Waals surface area contributed by atoms with Crippen LogP contribution in [0, 0.1) is 0 Å². The average molecular weight is 203 g/mol. The highest BCUT2D eigenvalue weighted by Gasteiger charge is 2.17. The summed E-state index contributed by atoms with van der Waals surface area (Å²) in [5.41, 5.74) is 6.59. The molecule has 1 unspecified atom stereocenters. The molecule has 0 fully saturated rings. The molecule has 0 aromatic heterocycles. The second-order valence-corrected chi connectivity index (χ2v) is 3.91. The predicted molar refractivity (Wildman–Crippen MR) is 51.2 cm³/mol. The van der Waals surface area contributed by atoms with Crippen LogP contribution in [0.2, 0.25) is 0 Å². The van der Waals surface area contributed by atoms with Crippen LogP contribution in [-0.2, 0) is 9.63 Å². The molecule has 0 saturated carbocycles. The van der Waals surface area contributed by atoms with E-state index in [9.17, 15) is 9.59 Å². The SMILES string of the molecule is CC(NC(N)=O)C(=O)NOC(C)(C)C. The molecule has 0 aliphatic heterocycles.